The number of carboxylic acids is 1. The van der Waals surface area contributed by atoms with Gasteiger partial charge in [0, 0.05) is 29.9 Å². The van der Waals surface area contributed by atoms with Crippen LogP contribution in [-0.4, -0.2) is 21.9 Å². The normalized spacial score (nSPS) is 10.3. The lowest BCUT2D eigenvalue weighted by atomic mass is 10.1. The predicted octanol–water partition coefficient (Wildman–Crippen LogP) is 4.59. The summed E-state index contributed by atoms with van der Waals surface area (Å²) in [6.45, 7) is 0. The molecule has 3 aromatic carbocycles. The van der Waals surface area contributed by atoms with Gasteiger partial charge in [-0.3, -0.25) is 19.8 Å². The molecule has 0 aliphatic heterocycles. The molecule has 0 fully saturated rings. The highest BCUT2D eigenvalue weighted by atomic mass is 16.6. The van der Waals surface area contributed by atoms with Crippen molar-refractivity contribution in [3.63, 3.8) is 0 Å². The van der Waals surface area contributed by atoms with Gasteiger partial charge in [-0.2, -0.15) is 0 Å². The number of aryl methyl sites for hydroxylation is 1. The first-order valence-electron chi connectivity index (χ1n) is 8.90. The van der Waals surface area contributed by atoms with Crippen LogP contribution in [0.5, 0.6) is 0 Å². The van der Waals surface area contributed by atoms with Gasteiger partial charge in [-0.05, 0) is 48.4 Å². The Morgan fingerprint density at radius 1 is 0.862 bits per heavy atom. The minimum absolute atomic E-state index is 0.0772. The first-order valence-corrected chi connectivity index (χ1v) is 8.90. The van der Waals surface area contributed by atoms with E-state index in [1.54, 1.807) is 12.1 Å². The number of aromatic carboxylic acids is 1. The fourth-order valence-corrected chi connectivity index (χ4v) is 2.92. The van der Waals surface area contributed by atoms with Crippen LogP contribution in [0.15, 0.2) is 78.9 Å². The van der Waals surface area contributed by atoms with Crippen LogP contribution < -0.4 is 4.90 Å². The lowest BCUT2D eigenvalue weighted by molar-refractivity contribution is -0.384. The molecule has 0 heterocycles. The van der Waals surface area contributed by atoms with Crippen molar-refractivity contribution in [3.05, 3.63) is 100 Å². The van der Waals surface area contributed by atoms with Gasteiger partial charge in [0.1, 0.15) is 0 Å². The van der Waals surface area contributed by atoms with Crippen molar-refractivity contribution in [1.82, 2.24) is 0 Å². The van der Waals surface area contributed by atoms with E-state index in [0.29, 0.717) is 17.8 Å². The molecule has 0 radical (unpaired) electrons. The molecule has 146 valence electrons. The van der Waals surface area contributed by atoms with E-state index < -0.39 is 10.9 Å². The van der Waals surface area contributed by atoms with E-state index in [2.05, 4.69) is 0 Å². The van der Waals surface area contributed by atoms with Crippen LogP contribution in [-0.2, 0) is 11.2 Å². The number of non-ortho nitro benzene ring substituents is 1. The summed E-state index contributed by atoms with van der Waals surface area (Å²) in [4.78, 5) is 36.0. The topological polar surface area (TPSA) is 101 Å². The Labute approximate surface area is 167 Å². The van der Waals surface area contributed by atoms with Crippen LogP contribution in [0.4, 0.5) is 17.1 Å². The second-order valence-electron chi connectivity index (χ2n) is 6.34. The molecule has 1 N–H and O–H groups in total. The highest BCUT2D eigenvalue weighted by Gasteiger charge is 2.19. The molecule has 0 bridgehead atoms. The van der Waals surface area contributed by atoms with E-state index in [1.807, 2.05) is 30.3 Å². The maximum atomic E-state index is 13.0. The quantitative estimate of drug-likeness (QED) is 0.470. The number of benzene rings is 3. The summed E-state index contributed by atoms with van der Waals surface area (Å²) in [7, 11) is 0. The average molecular weight is 390 g/mol. The van der Waals surface area contributed by atoms with E-state index in [1.165, 1.54) is 41.3 Å². The van der Waals surface area contributed by atoms with Crippen molar-refractivity contribution in [2.45, 2.75) is 12.8 Å². The number of nitrogens with zero attached hydrogens (tertiary/aromatic N) is 2. The predicted molar refractivity (Wildman–Crippen MR) is 108 cm³/mol. The van der Waals surface area contributed by atoms with E-state index in [4.69, 9.17) is 5.11 Å². The van der Waals surface area contributed by atoms with Crippen molar-refractivity contribution >= 4 is 28.9 Å². The zero-order valence-corrected chi connectivity index (χ0v) is 15.4. The molecule has 7 nitrogen and oxygen atoms in total. The largest absolute Gasteiger partial charge is 0.478 e. The standard InChI is InChI=1S/C22H18N2O5/c25-21(15-6-16-4-2-1-3-5-16)23(18-9-7-17(8-10-18)22(26)27)19-11-13-20(14-12-19)24(28)29/h1-5,7-14H,6,15H2,(H,26,27). The number of amides is 1. The molecule has 1 amide bonds. The fourth-order valence-electron chi connectivity index (χ4n) is 2.92. The second kappa shape index (κ2) is 8.79. The number of anilines is 2. The molecule has 3 aromatic rings. The van der Waals surface area contributed by atoms with Crippen molar-refractivity contribution in [2.24, 2.45) is 0 Å². The minimum Gasteiger partial charge on any atom is -0.478 e. The van der Waals surface area contributed by atoms with Gasteiger partial charge in [-0.15, -0.1) is 0 Å². The maximum absolute atomic E-state index is 13.0. The summed E-state index contributed by atoms with van der Waals surface area (Å²) in [5.74, 6) is -1.26. The van der Waals surface area contributed by atoms with E-state index in [0.717, 1.165) is 5.56 Å². The van der Waals surface area contributed by atoms with Crippen LogP contribution >= 0.6 is 0 Å². The number of carbonyl (C=O) groups is 2. The third kappa shape index (κ3) is 4.84. The Morgan fingerprint density at radius 3 is 1.93 bits per heavy atom. The second-order valence-corrected chi connectivity index (χ2v) is 6.34. The summed E-state index contributed by atoms with van der Waals surface area (Å²) < 4.78 is 0. The number of hydrogen-bond donors (Lipinski definition) is 1. The molecule has 0 unspecified atom stereocenters. The van der Waals surface area contributed by atoms with Crippen molar-refractivity contribution in [2.75, 3.05) is 4.90 Å². The Kier molecular flexibility index (Phi) is 5.99. The number of nitro groups is 1. The average Bonchev–Trinajstić information content (AvgIpc) is 2.74. The van der Waals surface area contributed by atoms with Crippen molar-refractivity contribution < 1.29 is 19.6 Å². The molecule has 0 atom stereocenters. The Hall–Kier alpha value is -4.00. The summed E-state index contributed by atoms with van der Waals surface area (Å²) in [6, 6.07) is 21.2. The highest BCUT2D eigenvalue weighted by Crippen LogP contribution is 2.29. The third-order valence-corrected chi connectivity index (χ3v) is 4.41. The number of carboxylic acid groups (broad SMARTS) is 1. The monoisotopic (exact) mass is 390 g/mol. The molecule has 0 saturated carbocycles. The number of nitro benzene ring substituents is 1. The van der Waals surface area contributed by atoms with Crippen LogP contribution in [0.3, 0.4) is 0 Å². The highest BCUT2D eigenvalue weighted by molar-refractivity contribution is 6.01. The fraction of sp³-hybridized carbons (Fsp3) is 0.0909. The van der Waals surface area contributed by atoms with E-state index >= 15 is 0 Å². The molecular formula is C22H18N2O5. The Balaban J connectivity index is 1.90. The first-order chi connectivity index (χ1) is 14.0. The third-order valence-electron chi connectivity index (χ3n) is 4.41. The smallest absolute Gasteiger partial charge is 0.335 e. The zero-order valence-electron chi connectivity index (χ0n) is 15.4. The summed E-state index contributed by atoms with van der Waals surface area (Å²) >= 11 is 0. The van der Waals surface area contributed by atoms with Gasteiger partial charge >= 0.3 is 5.97 Å². The van der Waals surface area contributed by atoms with Crippen LogP contribution in [0.25, 0.3) is 0 Å². The van der Waals surface area contributed by atoms with Gasteiger partial charge < -0.3 is 5.11 Å². The Morgan fingerprint density at radius 2 is 1.41 bits per heavy atom. The molecule has 29 heavy (non-hydrogen) atoms. The van der Waals surface area contributed by atoms with Crippen LogP contribution in [0, 0.1) is 10.1 Å². The van der Waals surface area contributed by atoms with Gasteiger partial charge in [0.15, 0.2) is 0 Å². The SMILES string of the molecule is O=C(O)c1ccc(N(C(=O)CCc2ccccc2)c2ccc([N+](=O)[O-])cc2)cc1. The summed E-state index contributed by atoms with van der Waals surface area (Å²) in [6.07, 6.45) is 0.762. The van der Waals surface area contributed by atoms with Gasteiger partial charge in [0.05, 0.1) is 10.5 Å². The number of hydrogen-bond acceptors (Lipinski definition) is 4. The molecule has 0 aliphatic carbocycles. The van der Waals surface area contributed by atoms with Gasteiger partial charge in [0.2, 0.25) is 5.91 Å². The van der Waals surface area contributed by atoms with Gasteiger partial charge in [0.25, 0.3) is 5.69 Å². The first kappa shape index (κ1) is 19.8. The van der Waals surface area contributed by atoms with Gasteiger partial charge in [-0.25, -0.2) is 4.79 Å². The van der Waals surface area contributed by atoms with Crippen molar-refractivity contribution in [1.29, 1.82) is 0 Å². The van der Waals surface area contributed by atoms with Gasteiger partial charge in [-0.1, -0.05) is 30.3 Å². The zero-order chi connectivity index (χ0) is 20.8. The lowest BCUT2D eigenvalue weighted by Gasteiger charge is -2.23. The lowest BCUT2D eigenvalue weighted by Crippen LogP contribution is -2.26. The van der Waals surface area contributed by atoms with Crippen LogP contribution in [0.1, 0.15) is 22.3 Å². The number of carbonyl (C=O) groups excluding carboxylic acids is 1. The van der Waals surface area contributed by atoms with E-state index in [-0.39, 0.29) is 23.6 Å². The maximum Gasteiger partial charge on any atom is 0.335 e. The molecule has 7 heteroatoms. The summed E-state index contributed by atoms with van der Waals surface area (Å²) in [5.41, 5.74) is 2.00. The molecule has 0 aliphatic rings. The Bertz CT molecular complexity index is 958. The molecule has 0 spiro atoms. The minimum atomic E-state index is -1.06. The molecule has 3 rings (SSSR count). The molecule has 0 aromatic heterocycles. The molecular weight excluding hydrogens is 372 g/mol. The van der Waals surface area contributed by atoms with Crippen molar-refractivity contribution in [3.8, 4) is 0 Å². The molecule has 0 saturated heterocycles. The summed E-state index contributed by atoms with van der Waals surface area (Å²) in [5, 5.41) is 20.0. The number of rotatable bonds is 7. The van der Waals surface area contributed by atoms with Crippen LogP contribution in [0.2, 0.25) is 0 Å². The van der Waals surface area contributed by atoms with E-state index in [9.17, 15) is 19.7 Å².